The smallest absolute Gasteiger partial charge is 0.0537 e. The normalized spacial score (nSPS) is 21.5. The summed E-state index contributed by atoms with van der Waals surface area (Å²) in [6.07, 6.45) is -0.149. The zero-order valence-electron chi connectivity index (χ0n) is 6.60. The van der Waals surface area contributed by atoms with Crippen LogP contribution in [0.1, 0.15) is 24.3 Å². The number of hydrogen-bond donors (Lipinski definition) is 1. The van der Waals surface area contributed by atoms with Gasteiger partial charge in [0.1, 0.15) is 0 Å². The van der Waals surface area contributed by atoms with Crippen molar-refractivity contribution in [2.24, 2.45) is 5.16 Å². The van der Waals surface area contributed by atoms with Crippen LogP contribution < -0.4 is 0 Å². The number of nitrogens with zero attached hydrogens (tertiary/aromatic N) is 1. The quantitative estimate of drug-likeness (QED) is 0.293. The molecule has 0 rings (SSSR count). The van der Waals surface area contributed by atoms with Crippen LogP contribution in [0.2, 0.25) is 0 Å². The van der Waals surface area contributed by atoms with Crippen molar-refractivity contribution < 1.29 is 9.32 Å². The van der Waals surface area contributed by atoms with Crippen molar-refractivity contribution in [1.29, 1.82) is 0 Å². The highest BCUT2D eigenvalue weighted by molar-refractivity contribution is 5.80. The van der Waals surface area contributed by atoms with E-state index in [2.05, 4.69) is 5.16 Å². The Morgan fingerprint density at radius 1 is 2.17 bits per heavy atom. The lowest BCUT2D eigenvalue weighted by Crippen LogP contribution is -1.83. The summed E-state index contributed by atoms with van der Waals surface area (Å²) in [5.41, 5.74) is 0.231. The molecule has 0 atom stereocenters. The van der Waals surface area contributed by atoms with Crippen molar-refractivity contribution >= 4 is 5.71 Å². The van der Waals surface area contributed by atoms with Gasteiger partial charge in [-0.25, -0.2) is 0 Å². The van der Waals surface area contributed by atoms with Crippen LogP contribution in [0.5, 0.6) is 0 Å². The summed E-state index contributed by atoms with van der Waals surface area (Å²) in [7, 11) is 0. The van der Waals surface area contributed by atoms with Crippen molar-refractivity contribution in [2.45, 2.75) is 20.2 Å². The first-order valence-electron chi connectivity index (χ1n) is 3.13. The molecule has 0 saturated carbocycles. The minimum Gasteiger partial charge on any atom is -0.411 e. The van der Waals surface area contributed by atoms with Gasteiger partial charge in [-0.15, -0.1) is 0 Å². The Bertz CT molecular complexity index is 117. The lowest BCUT2D eigenvalue weighted by atomic mass is 10.3. The fraction of sp³-hybridized carbons (Fsp3) is 0.750. The molecule has 0 aromatic carbocycles. The predicted octanol–water partition coefficient (Wildman–Crippen LogP) is 1.25. The molecule has 0 aromatic heterocycles. The van der Waals surface area contributed by atoms with E-state index in [1.165, 1.54) is 6.92 Å². The summed E-state index contributed by atoms with van der Waals surface area (Å²) in [5.74, 6) is 0. The molecule has 0 spiro atoms. The average molecular weight is 90.1 g/mol. The SMILES string of the molecule is [2H]C([2H])([2H])C/C(C)=N/O. The molecule has 0 radical (unpaired) electrons. The van der Waals surface area contributed by atoms with Crippen LogP contribution in [0.3, 0.4) is 0 Å². The molecule has 2 heteroatoms. The molecule has 2 nitrogen and oxygen atoms in total. The predicted molar refractivity (Wildman–Crippen MR) is 25.2 cm³/mol. The number of rotatable bonds is 1. The molecule has 0 heterocycles. The van der Waals surface area contributed by atoms with E-state index >= 15 is 0 Å². The topological polar surface area (TPSA) is 32.6 Å². The summed E-state index contributed by atoms with van der Waals surface area (Å²) in [6.45, 7) is -0.553. The zero-order chi connectivity index (χ0) is 7.49. The largest absolute Gasteiger partial charge is 0.411 e. The number of hydrogen-bond acceptors (Lipinski definition) is 2. The fourth-order valence-corrected chi connectivity index (χ4v) is 0.0354. The molecular weight excluding hydrogens is 78.0 g/mol. The molecular formula is C4H9NO. The summed E-state index contributed by atoms with van der Waals surface area (Å²) < 4.78 is 20.1. The highest BCUT2D eigenvalue weighted by Crippen LogP contribution is 1.78. The molecule has 0 aliphatic carbocycles. The second kappa shape index (κ2) is 2.69. The van der Waals surface area contributed by atoms with E-state index in [-0.39, 0.29) is 12.1 Å². The van der Waals surface area contributed by atoms with Crippen molar-refractivity contribution in [2.75, 3.05) is 0 Å². The van der Waals surface area contributed by atoms with Gasteiger partial charge in [-0.1, -0.05) is 12.0 Å². The molecule has 0 saturated heterocycles. The summed E-state index contributed by atoms with van der Waals surface area (Å²) in [6, 6.07) is 0. The van der Waals surface area contributed by atoms with E-state index in [1.54, 1.807) is 0 Å². The Morgan fingerprint density at radius 2 is 2.83 bits per heavy atom. The number of oxime groups is 1. The van der Waals surface area contributed by atoms with Gasteiger partial charge >= 0.3 is 0 Å². The highest BCUT2D eigenvalue weighted by atomic mass is 16.4. The van der Waals surface area contributed by atoms with Crippen LogP contribution in [0.4, 0.5) is 0 Å². The summed E-state index contributed by atoms with van der Waals surface area (Å²) in [5, 5.41) is 10.8. The van der Waals surface area contributed by atoms with Crippen LogP contribution in [-0.2, 0) is 0 Å². The molecule has 1 N–H and O–H groups in total. The third kappa shape index (κ3) is 1.76. The van der Waals surface area contributed by atoms with Gasteiger partial charge in [-0.05, 0) is 13.3 Å². The Kier molecular flexibility index (Phi) is 0.879. The lowest BCUT2D eigenvalue weighted by molar-refractivity contribution is 0.317. The first-order valence-corrected chi connectivity index (χ1v) is 1.63. The third-order valence-electron chi connectivity index (χ3n) is 0.427. The maximum atomic E-state index is 8.04. The van der Waals surface area contributed by atoms with E-state index in [9.17, 15) is 0 Å². The highest BCUT2D eigenvalue weighted by Gasteiger charge is 1.77. The van der Waals surface area contributed by atoms with E-state index in [4.69, 9.17) is 9.32 Å². The molecule has 6 heavy (non-hydrogen) atoms. The van der Waals surface area contributed by atoms with Crippen molar-refractivity contribution in [1.82, 2.24) is 0 Å². The van der Waals surface area contributed by atoms with Crippen LogP contribution >= 0.6 is 0 Å². The first-order chi connectivity index (χ1) is 3.95. The Morgan fingerprint density at radius 3 is 3.00 bits per heavy atom. The third-order valence-corrected chi connectivity index (χ3v) is 0.427. The standard InChI is InChI=1S/C4H9NO/c1-3-4(2)5-6/h6H,3H2,1-2H3/b5-4+/i1D3. The maximum absolute atomic E-state index is 8.04. The molecule has 0 bridgehead atoms. The van der Waals surface area contributed by atoms with E-state index in [1.807, 2.05) is 0 Å². The minimum atomic E-state index is -2.02. The van der Waals surface area contributed by atoms with Crippen LogP contribution in [0.15, 0.2) is 5.16 Å². The van der Waals surface area contributed by atoms with Crippen LogP contribution in [-0.4, -0.2) is 10.9 Å². The lowest BCUT2D eigenvalue weighted by Gasteiger charge is -1.81. The van der Waals surface area contributed by atoms with Gasteiger partial charge in [0.25, 0.3) is 0 Å². The van der Waals surface area contributed by atoms with E-state index < -0.39 is 6.85 Å². The molecule has 0 aromatic rings. The maximum Gasteiger partial charge on any atom is 0.0537 e. The molecule has 0 fully saturated rings. The van der Waals surface area contributed by atoms with Crippen molar-refractivity contribution in [3.05, 3.63) is 0 Å². The summed E-state index contributed by atoms with van der Waals surface area (Å²) in [4.78, 5) is 0. The average Bonchev–Trinajstić information content (AvgIpc) is 1.62. The van der Waals surface area contributed by atoms with E-state index in [0.29, 0.717) is 0 Å². The molecule has 0 aliphatic rings. The summed E-state index contributed by atoms with van der Waals surface area (Å²) >= 11 is 0. The Labute approximate surface area is 41.7 Å². The van der Waals surface area contributed by atoms with Gasteiger partial charge < -0.3 is 5.21 Å². The van der Waals surface area contributed by atoms with Gasteiger partial charge in [0.15, 0.2) is 0 Å². The molecule has 0 unspecified atom stereocenters. The van der Waals surface area contributed by atoms with Gasteiger partial charge in [-0.3, -0.25) is 0 Å². The fourth-order valence-electron chi connectivity index (χ4n) is 0.0354. The minimum absolute atomic E-state index is 0.149. The van der Waals surface area contributed by atoms with Gasteiger partial charge in [-0.2, -0.15) is 0 Å². The molecule has 0 amide bonds. The van der Waals surface area contributed by atoms with Crippen LogP contribution in [0.25, 0.3) is 0 Å². The van der Waals surface area contributed by atoms with Gasteiger partial charge in [0.05, 0.1) is 5.71 Å². The molecule has 0 aliphatic heterocycles. The van der Waals surface area contributed by atoms with Gasteiger partial charge in [0.2, 0.25) is 0 Å². The monoisotopic (exact) mass is 90.1 g/mol. The van der Waals surface area contributed by atoms with Crippen molar-refractivity contribution in [3.8, 4) is 0 Å². The first kappa shape index (κ1) is 1.96. The molecule has 36 valence electrons. The van der Waals surface area contributed by atoms with Gasteiger partial charge in [0, 0.05) is 4.11 Å². The van der Waals surface area contributed by atoms with E-state index in [0.717, 1.165) is 0 Å². The Hall–Kier alpha value is -0.530. The second-order valence-electron chi connectivity index (χ2n) is 1.01. The van der Waals surface area contributed by atoms with Crippen LogP contribution in [0, 0.1) is 0 Å². The second-order valence-corrected chi connectivity index (χ2v) is 1.01. The zero-order valence-corrected chi connectivity index (χ0v) is 3.60. The Balaban J connectivity index is 3.75. The van der Waals surface area contributed by atoms with Crippen molar-refractivity contribution in [3.63, 3.8) is 0 Å².